The van der Waals surface area contributed by atoms with Crippen LogP contribution in [0.5, 0.6) is 11.5 Å². The molecule has 0 aromatic heterocycles. The SMILES string of the molecule is CCOc1ccccc1N(CC(=O)N/N=C\c1ccc(OCC(=O)NCCc2ccccc2)cc1)S(=O)(=O)c1ccc(Cl)cc1. The third-order valence-corrected chi connectivity index (χ3v) is 8.38. The number of sulfonamides is 1. The first-order chi connectivity index (χ1) is 21.8. The summed E-state index contributed by atoms with van der Waals surface area (Å²) in [5.41, 5.74) is 4.36. The first-order valence-electron chi connectivity index (χ1n) is 14.1. The molecule has 0 radical (unpaired) electrons. The molecule has 0 aliphatic rings. The van der Waals surface area contributed by atoms with Crippen LogP contribution in [0.3, 0.4) is 0 Å². The molecule has 0 bridgehead atoms. The summed E-state index contributed by atoms with van der Waals surface area (Å²) in [6.07, 6.45) is 2.14. The van der Waals surface area contributed by atoms with Gasteiger partial charge in [0.15, 0.2) is 6.61 Å². The van der Waals surface area contributed by atoms with E-state index in [1.54, 1.807) is 55.5 Å². The molecule has 12 heteroatoms. The number of amides is 2. The molecule has 45 heavy (non-hydrogen) atoms. The smallest absolute Gasteiger partial charge is 0.264 e. The normalized spacial score (nSPS) is 11.2. The van der Waals surface area contributed by atoms with Crippen LogP contribution < -0.4 is 24.5 Å². The maximum Gasteiger partial charge on any atom is 0.264 e. The number of hydrogen-bond donors (Lipinski definition) is 2. The van der Waals surface area contributed by atoms with Crippen LogP contribution >= 0.6 is 11.6 Å². The van der Waals surface area contributed by atoms with E-state index in [-0.39, 0.29) is 23.1 Å². The van der Waals surface area contributed by atoms with Gasteiger partial charge in [-0.25, -0.2) is 13.8 Å². The van der Waals surface area contributed by atoms with Crippen LogP contribution in [-0.2, 0) is 26.0 Å². The molecule has 4 rings (SSSR count). The minimum absolute atomic E-state index is 0.0403. The van der Waals surface area contributed by atoms with Gasteiger partial charge in [0.1, 0.15) is 18.0 Å². The van der Waals surface area contributed by atoms with Crippen molar-refractivity contribution in [3.63, 3.8) is 0 Å². The lowest BCUT2D eigenvalue weighted by Crippen LogP contribution is -2.39. The van der Waals surface area contributed by atoms with E-state index in [4.69, 9.17) is 21.1 Å². The van der Waals surface area contributed by atoms with E-state index < -0.39 is 22.5 Å². The minimum Gasteiger partial charge on any atom is -0.492 e. The maximum atomic E-state index is 13.6. The van der Waals surface area contributed by atoms with Gasteiger partial charge in [0.2, 0.25) is 0 Å². The molecule has 0 aliphatic carbocycles. The zero-order valence-electron chi connectivity index (χ0n) is 24.6. The Morgan fingerprint density at radius 3 is 2.27 bits per heavy atom. The van der Waals surface area contributed by atoms with Gasteiger partial charge in [-0.2, -0.15) is 5.10 Å². The molecule has 0 aliphatic heterocycles. The number of benzene rings is 4. The Hall–Kier alpha value is -4.87. The molecule has 0 saturated carbocycles. The fourth-order valence-corrected chi connectivity index (χ4v) is 5.72. The highest BCUT2D eigenvalue weighted by atomic mass is 35.5. The van der Waals surface area contributed by atoms with Crippen LogP contribution in [0, 0.1) is 0 Å². The van der Waals surface area contributed by atoms with Crippen molar-refractivity contribution in [2.45, 2.75) is 18.2 Å². The molecule has 4 aromatic carbocycles. The molecule has 4 aromatic rings. The van der Waals surface area contributed by atoms with Gasteiger partial charge in [0, 0.05) is 11.6 Å². The van der Waals surface area contributed by atoms with Crippen molar-refractivity contribution in [3.05, 3.63) is 119 Å². The van der Waals surface area contributed by atoms with E-state index in [9.17, 15) is 18.0 Å². The largest absolute Gasteiger partial charge is 0.492 e. The lowest BCUT2D eigenvalue weighted by molar-refractivity contribution is -0.123. The van der Waals surface area contributed by atoms with E-state index >= 15 is 0 Å². The van der Waals surface area contributed by atoms with Crippen LogP contribution in [-0.4, -0.2) is 52.8 Å². The molecule has 234 valence electrons. The Balaban J connectivity index is 1.34. The van der Waals surface area contributed by atoms with Crippen LogP contribution in [0.2, 0.25) is 5.02 Å². The van der Waals surface area contributed by atoms with Gasteiger partial charge in [-0.05, 0) is 85.1 Å². The predicted molar refractivity (Wildman–Crippen MR) is 174 cm³/mol. The second-order valence-electron chi connectivity index (χ2n) is 9.60. The van der Waals surface area contributed by atoms with Gasteiger partial charge >= 0.3 is 0 Å². The lowest BCUT2D eigenvalue weighted by Gasteiger charge is -2.25. The zero-order chi connectivity index (χ0) is 32.1. The van der Waals surface area contributed by atoms with Gasteiger partial charge in [0.05, 0.1) is 23.4 Å². The molecule has 2 N–H and O–H groups in total. The highest BCUT2D eigenvalue weighted by Crippen LogP contribution is 2.32. The predicted octanol–water partition coefficient (Wildman–Crippen LogP) is 4.82. The summed E-state index contributed by atoms with van der Waals surface area (Å²) >= 11 is 5.96. The molecule has 0 atom stereocenters. The monoisotopic (exact) mass is 648 g/mol. The quantitative estimate of drug-likeness (QED) is 0.141. The molecule has 0 saturated heterocycles. The van der Waals surface area contributed by atoms with Crippen molar-refractivity contribution in [2.24, 2.45) is 5.10 Å². The number of ether oxygens (including phenoxy) is 2. The maximum absolute atomic E-state index is 13.6. The summed E-state index contributed by atoms with van der Waals surface area (Å²) in [5.74, 6) is -0.102. The number of nitrogens with one attached hydrogen (secondary N) is 2. The standard InChI is InChI=1S/C33H33ClN4O6S/c1-2-43-31-11-7-6-10-30(31)38(45(41,42)29-18-14-27(34)15-19-29)23-32(39)37-36-22-26-12-16-28(17-13-26)44-24-33(40)35-21-20-25-8-4-3-5-9-25/h3-19,22H,2,20-21,23-24H2,1H3,(H,35,40)(H,37,39)/b36-22-. The van der Waals surface area contributed by atoms with Gasteiger partial charge in [-0.15, -0.1) is 0 Å². The van der Waals surface area contributed by atoms with Gasteiger partial charge < -0.3 is 14.8 Å². The number of carbonyl (C=O) groups is 2. The molecule has 2 amide bonds. The first kappa shape index (κ1) is 33.0. The third kappa shape index (κ3) is 9.82. The number of halogens is 1. The molecule has 10 nitrogen and oxygen atoms in total. The topological polar surface area (TPSA) is 126 Å². The second kappa shape index (κ2) is 16.3. The number of carbonyl (C=O) groups excluding carboxylic acids is 2. The van der Waals surface area contributed by atoms with Crippen molar-refractivity contribution in [1.29, 1.82) is 0 Å². The summed E-state index contributed by atoms with van der Waals surface area (Å²) in [7, 11) is -4.18. The molecule has 0 heterocycles. The summed E-state index contributed by atoms with van der Waals surface area (Å²) < 4.78 is 39.4. The Morgan fingerprint density at radius 1 is 0.867 bits per heavy atom. The summed E-state index contributed by atoms with van der Waals surface area (Å²) in [4.78, 5) is 25.0. The van der Waals surface area contributed by atoms with Gasteiger partial charge in [-0.1, -0.05) is 54.1 Å². The highest BCUT2D eigenvalue weighted by molar-refractivity contribution is 7.92. The van der Waals surface area contributed by atoms with Crippen LogP contribution in [0.25, 0.3) is 0 Å². The number of hydrazone groups is 1. The molecular weight excluding hydrogens is 616 g/mol. The number of hydrogen-bond acceptors (Lipinski definition) is 7. The lowest BCUT2D eigenvalue weighted by atomic mass is 10.1. The van der Waals surface area contributed by atoms with Crippen molar-refractivity contribution in [2.75, 3.05) is 30.6 Å². The highest BCUT2D eigenvalue weighted by Gasteiger charge is 2.29. The number of para-hydroxylation sites is 2. The van der Waals surface area contributed by atoms with Crippen molar-refractivity contribution in [1.82, 2.24) is 10.7 Å². The summed E-state index contributed by atoms with van der Waals surface area (Å²) in [6.45, 7) is 1.90. The number of rotatable bonds is 15. The van der Waals surface area contributed by atoms with Crippen LogP contribution in [0.4, 0.5) is 5.69 Å². The average molecular weight is 649 g/mol. The van der Waals surface area contributed by atoms with E-state index in [2.05, 4.69) is 15.8 Å². The van der Waals surface area contributed by atoms with E-state index in [0.29, 0.717) is 35.2 Å². The zero-order valence-corrected chi connectivity index (χ0v) is 26.1. The fourth-order valence-electron chi connectivity index (χ4n) is 4.16. The van der Waals surface area contributed by atoms with E-state index in [1.165, 1.54) is 30.5 Å². The summed E-state index contributed by atoms with van der Waals surface area (Å²) in [5, 5.41) is 7.18. The molecule has 0 unspecified atom stereocenters. The molecule has 0 fully saturated rings. The van der Waals surface area contributed by atoms with Crippen molar-refractivity contribution in [3.8, 4) is 11.5 Å². The van der Waals surface area contributed by atoms with Crippen LogP contribution in [0.1, 0.15) is 18.1 Å². The Morgan fingerprint density at radius 2 is 1.56 bits per heavy atom. The number of nitrogens with zero attached hydrogens (tertiary/aromatic N) is 2. The Bertz CT molecular complexity index is 1700. The number of anilines is 1. The molecule has 0 spiro atoms. The third-order valence-electron chi connectivity index (χ3n) is 6.35. The fraction of sp³-hybridized carbons (Fsp3) is 0.182. The van der Waals surface area contributed by atoms with E-state index in [1.807, 2.05) is 30.3 Å². The van der Waals surface area contributed by atoms with E-state index in [0.717, 1.165) is 16.3 Å². The van der Waals surface area contributed by atoms with Crippen LogP contribution in [0.15, 0.2) is 113 Å². The Labute approximate surface area is 267 Å². The molecular formula is C33H33ClN4O6S. The average Bonchev–Trinajstić information content (AvgIpc) is 3.04. The van der Waals surface area contributed by atoms with Gasteiger partial charge in [-0.3, -0.25) is 13.9 Å². The summed E-state index contributed by atoms with van der Waals surface area (Å²) in [6, 6.07) is 28.8. The van der Waals surface area contributed by atoms with Gasteiger partial charge in [0.25, 0.3) is 21.8 Å². The Kier molecular flexibility index (Phi) is 11.9. The second-order valence-corrected chi connectivity index (χ2v) is 11.9. The first-order valence-corrected chi connectivity index (χ1v) is 15.9. The van der Waals surface area contributed by atoms with Crippen molar-refractivity contribution < 1.29 is 27.5 Å². The van der Waals surface area contributed by atoms with Crippen molar-refractivity contribution >= 4 is 45.3 Å². The minimum atomic E-state index is -4.18.